The fourth-order valence-electron chi connectivity index (χ4n) is 1.19. The number of hydrogen-bond donors (Lipinski definition) is 2. The zero-order valence-corrected chi connectivity index (χ0v) is 8.30. The summed E-state index contributed by atoms with van der Waals surface area (Å²) in [6, 6.07) is 2.45. The minimum Gasteiger partial charge on any atom is -0.506 e. The number of aromatic amines is 1. The predicted octanol–water partition coefficient (Wildman–Crippen LogP) is 1.20. The van der Waals surface area contributed by atoms with Gasteiger partial charge in [0.25, 0.3) is 9.05 Å². The van der Waals surface area contributed by atoms with Gasteiger partial charge in [0.2, 0.25) is 0 Å². The highest BCUT2D eigenvalue weighted by atomic mass is 35.7. The van der Waals surface area contributed by atoms with Gasteiger partial charge in [0.15, 0.2) is 0 Å². The van der Waals surface area contributed by atoms with E-state index >= 15 is 0 Å². The van der Waals surface area contributed by atoms with E-state index in [0.717, 1.165) is 0 Å². The Bertz CT molecular complexity index is 590. The van der Waals surface area contributed by atoms with Crippen molar-refractivity contribution in [2.24, 2.45) is 0 Å². The number of imidazole rings is 1. The molecule has 0 spiro atoms. The van der Waals surface area contributed by atoms with E-state index in [4.69, 9.17) is 10.7 Å². The van der Waals surface area contributed by atoms with Crippen molar-refractivity contribution in [3.05, 3.63) is 18.5 Å². The molecule has 0 bridgehead atoms. The van der Waals surface area contributed by atoms with Gasteiger partial charge in [-0.3, -0.25) is 0 Å². The quantitative estimate of drug-likeness (QED) is 0.724. The molecule has 0 radical (unpaired) electrons. The number of nitrogens with zero attached hydrogens (tertiary/aromatic N) is 1. The van der Waals surface area contributed by atoms with Gasteiger partial charge in [0.1, 0.15) is 21.7 Å². The molecule has 0 fully saturated rings. The van der Waals surface area contributed by atoms with Crippen LogP contribution in [0, 0.1) is 0 Å². The molecule has 0 saturated carbocycles. The highest BCUT2D eigenvalue weighted by molar-refractivity contribution is 8.14. The fourth-order valence-corrected chi connectivity index (χ4v) is 2.18. The summed E-state index contributed by atoms with van der Waals surface area (Å²) in [7, 11) is 1.35. The van der Waals surface area contributed by atoms with Crippen LogP contribution >= 0.6 is 10.7 Å². The maximum Gasteiger partial charge on any atom is 0.263 e. The molecule has 14 heavy (non-hydrogen) atoms. The molecule has 0 atom stereocenters. The predicted molar refractivity (Wildman–Crippen MR) is 50.8 cm³/mol. The number of benzene rings is 1. The number of hydrogen-bond acceptors (Lipinski definition) is 4. The van der Waals surface area contributed by atoms with Crippen LogP contribution in [0.15, 0.2) is 23.4 Å². The van der Waals surface area contributed by atoms with Crippen LogP contribution in [-0.2, 0) is 9.05 Å². The van der Waals surface area contributed by atoms with E-state index in [-0.39, 0.29) is 21.7 Å². The summed E-state index contributed by atoms with van der Waals surface area (Å²) in [5.41, 5.74) is 0.395. The minimum atomic E-state index is -3.84. The molecular formula is C7H5ClN2O3S. The van der Waals surface area contributed by atoms with Crippen molar-refractivity contribution in [1.82, 2.24) is 9.97 Å². The summed E-state index contributed by atoms with van der Waals surface area (Å²) in [4.78, 5) is 6.27. The first-order valence-electron chi connectivity index (χ1n) is 3.60. The highest BCUT2D eigenvalue weighted by Gasteiger charge is 2.17. The van der Waals surface area contributed by atoms with Gasteiger partial charge < -0.3 is 10.1 Å². The zero-order chi connectivity index (χ0) is 10.3. The topological polar surface area (TPSA) is 83.0 Å². The van der Waals surface area contributed by atoms with Gasteiger partial charge in [-0.25, -0.2) is 13.4 Å². The second-order valence-electron chi connectivity index (χ2n) is 2.65. The lowest BCUT2D eigenvalue weighted by Crippen LogP contribution is -1.91. The van der Waals surface area contributed by atoms with Crippen LogP contribution < -0.4 is 0 Å². The van der Waals surface area contributed by atoms with Gasteiger partial charge >= 0.3 is 0 Å². The Morgan fingerprint density at radius 1 is 1.43 bits per heavy atom. The highest BCUT2D eigenvalue weighted by Crippen LogP contribution is 2.28. The molecular weight excluding hydrogens is 228 g/mol. The summed E-state index contributed by atoms with van der Waals surface area (Å²) in [5, 5.41) is 9.34. The van der Waals surface area contributed by atoms with E-state index in [1.54, 1.807) is 0 Å². The number of H-pyrrole nitrogens is 1. The lowest BCUT2D eigenvalue weighted by atomic mass is 10.3. The van der Waals surface area contributed by atoms with Crippen molar-refractivity contribution >= 4 is 30.8 Å². The number of phenols is 1. The number of aromatic hydroxyl groups is 1. The molecule has 1 heterocycles. The number of nitrogens with one attached hydrogen (secondary N) is 1. The SMILES string of the molecule is O=S(=O)(Cl)c1ccc(O)c2[nH]cnc12. The van der Waals surface area contributed by atoms with Crippen molar-refractivity contribution in [2.75, 3.05) is 0 Å². The number of fused-ring (bicyclic) bond motifs is 1. The average molecular weight is 233 g/mol. The minimum absolute atomic E-state index is 0.0680. The molecule has 5 nitrogen and oxygen atoms in total. The molecule has 2 N–H and O–H groups in total. The zero-order valence-electron chi connectivity index (χ0n) is 6.73. The van der Waals surface area contributed by atoms with Gasteiger partial charge in [0.05, 0.1) is 6.33 Å². The first-order chi connectivity index (χ1) is 6.50. The van der Waals surface area contributed by atoms with E-state index in [2.05, 4.69) is 9.97 Å². The molecule has 0 aliphatic heterocycles. The lowest BCUT2D eigenvalue weighted by Gasteiger charge is -1.98. The van der Waals surface area contributed by atoms with Gasteiger partial charge in [-0.2, -0.15) is 0 Å². The molecule has 0 unspecified atom stereocenters. The monoisotopic (exact) mass is 232 g/mol. The molecule has 0 aliphatic carbocycles. The van der Waals surface area contributed by atoms with Crippen molar-refractivity contribution in [1.29, 1.82) is 0 Å². The summed E-state index contributed by atoms with van der Waals surface area (Å²) in [6.07, 6.45) is 1.29. The average Bonchev–Trinajstić information content (AvgIpc) is 2.50. The third kappa shape index (κ3) is 1.32. The third-order valence-electron chi connectivity index (χ3n) is 1.78. The number of phenolic OH excluding ortho intramolecular Hbond substituents is 1. The Labute approximate surface area is 83.8 Å². The van der Waals surface area contributed by atoms with E-state index in [0.29, 0.717) is 0 Å². The van der Waals surface area contributed by atoms with Crippen molar-refractivity contribution in [3.63, 3.8) is 0 Å². The van der Waals surface area contributed by atoms with Crippen molar-refractivity contribution in [2.45, 2.75) is 4.90 Å². The normalized spacial score (nSPS) is 12.1. The Kier molecular flexibility index (Phi) is 1.90. The van der Waals surface area contributed by atoms with E-state index in [1.165, 1.54) is 18.5 Å². The molecule has 2 rings (SSSR count). The van der Waals surface area contributed by atoms with Crippen molar-refractivity contribution in [3.8, 4) is 5.75 Å². The Hall–Kier alpha value is -1.27. The standard InChI is InChI=1S/C7H5ClN2O3S/c8-14(12,13)5-2-1-4(11)6-7(5)10-3-9-6/h1-3,11H,(H,9,10). The molecule has 7 heteroatoms. The first-order valence-corrected chi connectivity index (χ1v) is 5.91. The van der Waals surface area contributed by atoms with Crippen LogP contribution in [0.25, 0.3) is 11.0 Å². The largest absolute Gasteiger partial charge is 0.506 e. The fraction of sp³-hybridized carbons (Fsp3) is 0. The maximum atomic E-state index is 11.1. The van der Waals surface area contributed by atoms with Gasteiger partial charge in [-0.1, -0.05) is 0 Å². The Morgan fingerprint density at radius 3 is 2.79 bits per heavy atom. The summed E-state index contributed by atoms with van der Waals surface area (Å²) >= 11 is 0. The first kappa shape index (κ1) is 9.29. The molecule has 1 aromatic heterocycles. The van der Waals surface area contributed by atoms with Crippen LogP contribution in [0.2, 0.25) is 0 Å². The molecule has 74 valence electrons. The number of rotatable bonds is 1. The molecule has 1 aromatic carbocycles. The van der Waals surface area contributed by atoms with Crippen LogP contribution in [-0.4, -0.2) is 23.5 Å². The molecule has 0 saturated heterocycles. The number of aromatic nitrogens is 2. The molecule has 0 amide bonds. The maximum absolute atomic E-state index is 11.1. The van der Waals surface area contributed by atoms with Crippen LogP contribution in [0.1, 0.15) is 0 Å². The lowest BCUT2D eigenvalue weighted by molar-refractivity contribution is 0.480. The smallest absolute Gasteiger partial charge is 0.263 e. The van der Waals surface area contributed by atoms with Gasteiger partial charge in [-0.15, -0.1) is 0 Å². The van der Waals surface area contributed by atoms with Gasteiger partial charge in [0, 0.05) is 10.7 Å². The summed E-state index contributed by atoms with van der Waals surface area (Å²) in [5.74, 6) is -0.0680. The van der Waals surface area contributed by atoms with Crippen LogP contribution in [0.4, 0.5) is 0 Å². The van der Waals surface area contributed by atoms with Crippen LogP contribution in [0.5, 0.6) is 5.75 Å². The Morgan fingerprint density at radius 2 is 2.14 bits per heavy atom. The van der Waals surface area contributed by atoms with Crippen molar-refractivity contribution < 1.29 is 13.5 Å². The van der Waals surface area contributed by atoms with E-state index < -0.39 is 9.05 Å². The van der Waals surface area contributed by atoms with E-state index in [1.807, 2.05) is 0 Å². The summed E-state index contributed by atoms with van der Waals surface area (Å²) < 4.78 is 22.2. The third-order valence-corrected chi connectivity index (χ3v) is 3.14. The Balaban J connectivity index is 2.93. The second-order valence-corrected chi connectivity index (χ2v) is 5.18. The number of halogens is 1. The van der Waals surface area contributed by atoms with Crippen LogP contribution in [0.3, 0.4) is 0 Å². The molecule has 0 aliphatic rings. The molecule has 2 aromatic rings. The van der Waals surface area contributed by atoms with Gasteiger partial charge in [-0.05, 0) is 12.1 Å². The summed E-state index contributed by atoms with van der Waals surface area (Å²) in [6.45, 7) is 0. The van der Waals surface area contributed by atoms with E-state index in [9.17, 15) is 13.5 Å². The second kappa shape index (κ2) is 2.86.